The summed E-state index contributed by atoms with van der Waals surface area (Å²) in [7, 11) is 1.56. The molecule has 0 saturated carbocycles. The van der Waals surface area contributed by atoms with Crippen LogP contribution in [0.5, 0.6) is 0 Å². The quantitative estimate of drug-likeness (QED) is 0.630. The Hall–Kier alpha value is -1.10. The van der Waals surface area contributed by atoms with Gasteiger partial charge in [0.15, 0.2) is 0 Å². The highest BCUT2D eigenvalue weighted by atomic mass is 16.2. The van der Waals surface area contributed by atoms with Gasteiger partial charge in [0.25, 0.3) is 0 Å². The lowest BCUT2D eigenvalue weighted by molar-refractivity contribution is -0.131. The highest BCUT2D eigenvalue weighted by molar-refractivity contribution is 5.91. The van der Waals surface area contributed by atoms with Crippen LogP contribution in [0.25, 0.3) is 0 Å². The van der Waals surface area contributed by atoms with Crippen LogP contribution >= 0.6 is 0 Å². The van der Waals surface area contributed by atoms with Gasteiger partial charge < -0.3 is 16.4 Å². The first-order chi connectivity index (χ1) is 8.24. The van der Waals surface area contributed by atoms with E-state index in [-0.39, 0.29) is 11.8 Å². The Bertz CT molecular complexity index is 288. The molecule has 0 bridgehead atoms. The van der Waals surface area contributed by atoms with E-state index in [9.17, 15) is 9.59 Å². The Balaban J connectivity index is 4.67. The van der Waals surface area contributed by atoms with Gasteiger partial charge in [-0.3, -0.25) is 9.59 Å². The van der Waals surface area contributed by atoms with Crippen LogP contribution in [0.3, 0.4) is 0 Å². The molecule has 0 aliphatic carbocycles. The number of hydrogen-bond acceptors (Lipinski definition) is 3. The molecule has 5 nitrogen and oxygen atoms in total. The second-order valence-corrected chi connectivity index (χ2v) is 5.44. The predicted molar refractivity (Wildman–Crippen MR) is 73.0 cm³/mol. The number of nitrogens with one attached hydrogen (secondary N) is 2. The zero-order valence-electron chi connectivity index (χ0n) is 12.2. The maximum absolute atomic E-state index is 12.1. The second-order valence-electron chi connectivity index (χ2n) is 5.44. The van der Waals surface area contributed by atoms with E-state index in [1.54, 1.807) is 14.0 Å². The van der Waals surface area contributed by atoms with E-state index in [0.717, 1.165) is 6.42 Å². The maximum atomic E-state index is 12.1. The SMILES string of the molecule is CCCC(C)(N)C(=O)NC(CC(C)C)C(=O)NC. The second kappa shape index (κ2) is 7.36. The molecule has 0 aliphatic heterocycles. The highest BCUT2D eigenvalue weighted by Crippen LogP contribution is 2.11. The Morgan fingerprint density at radius 2 is 1.89 bits per heavy atom. The van der Waals surface area contributed by atoms with E-state index >= 15 is 0 Å². The summed E-state index contributed by atoms with van der Waals surface area (Å²) in [5.74, 6) is -0.120. The van der Waals surface area contributed by atoms with Crippen molar-refractivity contribution < 1.29 is 9.59 Å². The van der Waals surface area contributed by atoms with E-state index in [2.05, 4.69) is 10.6 Å². The minimum Gasteiger partial charge on any atom is -0.357 e. The number of nitrogens with two attached hydrogens (primary N) is 1. The van der Waals surface area contributed by atoms with Crippen molar-refractivity contribution in [2.75, 3.05) is 7.05 Å². The van der Waals surface area contributed by atoms with Crippen molar-refractivity contribution in [3.05, 3.63) is 0 Å². The lowest BCUT2D eigenvalue weighted by Gasteiger charge is -2.27. The lowest BCUT2D eigenvalue weighted by Crippen LogP contribution is -2.57. The van der Waals surface area contributed by atoms with Gasteiger partial charge >= 0.3 is 0 Å². The third-order valence-corrected chi connectivity index (χ3v) is 2.86. The van der Waals surface area contributed by atoms with Gasteiger partial charge in [0.05, 0.1) is 5.54 Å². The topological polar surface area (TPSA) is 84.2 Å². The molecule has 0 aromatic heterocycles. The standard InChI is InChI=1S/C13H27N3O2/c1-6-7-13(4,14)12(18)16-10(8-9(2)3)11(17)15-5/h9-10H,6-8,14H2,1-5H3,(H,15,17)(H,16,18). The first-order valence-corrected chi connectivity index (χ1v) is 6.56. The van der Waals surface area contributed by atoms with Gasteiger partial charge in [-0.15, -0.1) is 0 Å². The maximum Gasteiger partial charge on any atom is 0.242 e. The molecule has 0 aliphatic rings. The third kappa shape index (κ3) is 5.49. The van der Waals surface area contributed by atoms with Crippen molar-refractivity contribution in [1.82, 2.24) is 10.6 Å². The van der Waals surface area contributed by atoms with E-state index in [0.29, 0.717) is 18.8 Å². The van der Waals surface area contributed by atoms with Crippen molar-refractivity contribution in [3.8, 4) is 0 Å². The van der Waals surface area contributed by atoms with Gasteiger partial charge in [0.1, 0.15) is 6.04 Å². The highest BCUT2D eigenvalue weighted by Gasteiger charge is 2.31. The molecule has 0 aromatic rings. The molecule has 106 valence electrons. The van der Waals surface area contributed by atoms with Crippen LogP contribution in [0.2, 0.25) is 0 Å². The Morgan fingerprint density at radius 1 is 1.33 bits per heavy atom. The lowest BCUT2D eigenvalue weighted by atomic mass is 9.95. The number of carbonyl (C=O) groups is 2. The summed E-state index contributed by atoms with van der Waals surface area (Å²) in [5, 5.41) is 5.31. The third-order valence-electron chi connectivity index (χ3n) is 2.86. The van der Waals surface area contributed by atoms with Crippen LogP contribution in [0.4, 0.5) is 0 Å². The van der Waals surface area contributed by atoms with E-state index in [4.69, 9.17) is 5.73 Å². The summed E-state index contributed by atoms with van der Waals surface area (Å²) in [6.07, 6.45) is 2.03. The number of amides is 2. The van der Waals surface area contributed by atoms with Crippen molar-refractivity contribution in [2.45, 2.75) is 58.5 Å². The fourth-order valence-corrected chi connectivity index (χ4v) is 1.83. The summed E-state index contributed by atoms with van der Waals surface area (Å²) in [5.41, 5.74) is 5.03. The first kappa shape index (κ1) is 16.9. The summed E-state index contributed by atoms with van der Waals surface area (Å²) >= 11 is 0. The molecule has 2 unspecified atom stereocenters. The molecule has 18 heavy (non-hydrogen) atoms. The molecule has 0 heterocycles. The minimum atomic E-state index is -0.919. The molecular weight excluding hydrogens is 230 g/mol. The minimum absolute atomic E-state index is 0.177. The molecule has 5 heteroatoms. The van der Waals surface area contributed by atoms with Crippen LogP contribution in [-0.2, 0) is 9.59 Å². The summed E-state index contributed by atoms with van der Waals surface area (Å²) < 4.78 is 0. The zero-order valence-corrected chi connectivity index (χ0v) is 12.2. The molecule has 2 atom stereocenters. The van der Waals surface area contributed by atoms with Crippen LogP contribution in [0.1, 0.15) is 47.0 Å². The van der Waals surface area contributed by atoms with Crippen molar-refractivity contribution in [1.29, 1.82) is 0 Å². The number of rotatable bonds is 7. The molecule has 0 fully saturated rings. The average Bonchev–Trinajstić information content (AvgIpc) is 2.26. The summed E-state index contributed by atoms with van der Waals surface area (Å²) in [6.45, 7) is 7.69. The van der Waals surface area contributed by atoms with E-state index < -0.39 is 11.6 Å². The molecular formula is C13H27N3O2. The Labute approximate surface area is 110 Å². The summed E-state index contributed by atoms with van der Waals surface area (Å²) in [4.78, 5) is 23.8. The van der Waals surface area contributed by atoms with Crippen molar-refractivity contribution >= 4 is 11.8 Å². The normalized spacial score (nSPS) is 15.9. The van der Waals surface area contributed by atoms with Crippen LogP contribution in [0.15, 0.2) is 0 Å². The van der Waals surface area contributed by atoms with Gasteiger partial charge in [-0.2, -0.15) is 0 Å². The molecule has 0 saturated heterocycles. The van der Waals surface area contributed by atoms with Crippen LogP contribution in [0, 0.1) is 5.92 Å². The summed E-state index contributed by atoms with van der Waals surface area (Å²) in [6, 6.07) is -0.512. The smallest absolute Gasteiger partial charge is 0.242 e. The molecule has 0 rings (SSSR count). The fraction of sp³-hybridized carbons (Fsp3) is 0.846. The largest absolute Gasteiger partial charge is 0.357 e. The van der Waals surface area contributed by atoms with Crippen molar-refractivity contribution in [2.24, 2.45) is 11.7 Å². The predicted octanol–water partition coefficient (Wildman–Crippen LogP) is 0.781. The van der Waals surface area contributed by atoms with E-state index in [1.165, 1.54) is 0 Å². The number of likely N-dealkylation sites (N-methyl/N-ethyl adjacent to an activating group) is 1. The zero-order chi connectivity index (χ0) is 14.3. The molecule has 0 spiro atoms. The molecule has 0 aromatic carbocycles. The molecule has 0 radical (unpaired) electrons. The van der Waals surface area contributed by atoms with Gasteiger partial charge in [0.2, 0.25) is 11.8 Å². The van der Waals surface area contributed by atoms with Crippen molar-refractivity contribution in [3.63, 3.8) is 0 Å². The molecule has 2 amide bonds. The fourth-order valence-electron chi connectivity index (χ4n) is 1.83. The van der Waals surface area contributed by atoms with E-state index in [1.807, 2.05) is 20.8 Å². The first-order valence-electron chi connectivity index (χ1n) is 6.56. The molecule has 4 N–H and O–H groups in total. The average molecular weight is 257 g/mol. The Morgan fingerprint density at radius 3 is 2.28 bits per heavy atom. The number of carbonyl (C=O) groups excluding carboxylic acids is 2. The monoisotopic (exact) mass is 257 g/mol. The van der Waals surface area contributed by atoms with Gasteiger partial charge in [-0.05, 0) is 25.7 Å². The van der Waals surface area contributed by atoms with Gasteiger partial charge in [-0.1, -0.05) is 27.2 Å². The Kier molecular flexibility index (Phi) is 6.91. The van der Waals surface area contributed by atoms with Crippen LogP contribution < -0.4 is 16.4 Å². The number of hydrogen-bond donors (Lipinski definition) is 3. The van der Waals surface area contributed by atoms with Gasteiger partial charge in [-0.25, -0.2) is 0 Å². The van der Waals surface area contributed by atoms with Gasteiger partial charge in [0, 0.05) is 7.05 Å². The van der Waals surface area contributed by atoms with Crippen LogP contribution in [-0.4, -0.2) is 30.4 Å².